The predicted molar refractivity (Wildman–Crippen MR) is 82.6 cm³/mol. The second-order valence-electron chi connectivity index (χ2n) is 4.42. The lowest BCUT2D eigenvalue weighted by Gasteiger charge is -2.10. The first-order chi connectivity index (χ1) is 9.58. The maximum Gasteiger partial charge on any atom is 0.224 e. The quantitative estimate of drug-likeness (QED) is 0.889. The van der Waals surface area contributed by atoms with Crippen molar-refractivity contribution in [1.82, 2.24) is 4.98 Å². The fourth-order valence-corrected chi connectivity index (χ4v) is 1.83. The summed E-state index contributed by atoms with van der Waals surface area (Å²) in [7, 11) is 0. The Kier molecular flexibility index (Phi) is 4.58. The number of amides is 1. The monoisotopic (exact) mass is 289 g/mol. The van der Waals surface area contributed by atoms with Crippen LogP contribution in [0.5, 0.6) is 0 Å². The van der Waals surface area contributed by atoms with Crippen LogP contribution < -0.4 is 10.6 Å². The van der Waals surface area contributed by atoms with Crippen molar-refractivity contribution >= 4 is 34.7 Å². The van der Waals surface area contributed by atoms with Gasteiger partial charge in [0.2, 0.25) is 5.91 Å². The molecule has 2 aromatic rings. The van der Waals surface area contributed by atoms with Crippen LogP contribution in [0.2, 0.25) is 5.02 Å². The molecule has 0 spiro atoms. The van der Waals surface area contributed by atoms with Crippen LogP contribution in [-0.4, -0.2) is 10.9 Å². The van der Waals surface area contributed by atoms with Crippen LogP contribution in [0, 0.1) is 6.92 Å². The highest BCUT2D eigenvalue weighted by Gasteiger charge is 2.03. The maximum absolute atomic E-state index is 11.3. The minimum absolute atomic E-state index is 0.0294. The molecule has 0 radical (unpaired) electrons. The van der Waals surface area contributed by atoms with Crippen LogP contribution >= 0.6 is 11.6 Å². The summed E-state index contributed by atoms with van der Waals surface area (Å²) in [6.07, 6.45) is 2.07. The van der Waals surface area contributed by atoms with E-state index in [1.165, 1.54) is 0 Å². The van der Waals surface area contributed by atoms with Crippen LogP contribution in [0.1, 0.15) is 18.9 Å². The lowest BCUT2D eigenvalue weighted by molar-refractivity contribution is -0.115. The van der Waals surface area contributed by atoms with Crippen LogP contribution in [0.15, 0.2) is 36.5 Å². The molecule has 20 heavy (non-hydrogen) atoms. The van der Waals surface area contributed by atoms with Gasteiger partial charge in [0.25, 0.3) is 0 Å². The van der Waals surface area contributed by atoms with E-state index in [-0.39, 0.29) is 5.91 Å². The van der Waals surface area contributed by atoms with Crippen LogP contribution in [0.25, 0.3) is 0 Å². The van der Waals surface area contributed by atoms with Gasteiger partial charge < -0.3 is 10.6 Å². The number of carbonyl (C=O) groups is 1. The van der Waals surface area contributed by atoms with E-state index in [9.17, 15) is 4.79 Å². The van der Waals surface area contributed by atoms with Crippen molar-refractivity contribution < 1.29 is 4.79 Å². The second kappa shape index (κ2) is 6.39. The third-order valence-corrected chi connectivity index (χ3v) is 3.07. The molecular formula is C15H16ClN3O. The zero-order chi connectivity index (χ0) is 14.5. The lowest BCUT2D eigenvalue weighted by atomic mass is 10.2. The highest BCUT2D eigenvalue weighted by molar-refractivity contribution is 6.30. The first-order valence-corrected chi connectivity index (χ1v) is 6.75. The zero-order valence-corrected chi connectivity index (χ0v) is 12.2. The molecule has 0 saturated heterocycles. The van der Waals surface area contributed by atoms with Crippen molar-refractivity contribution in [2.45, 2.75) is 20.3 Å². The first kappa shape index (κ1) is 14.3. The Bertz CT molecular complexity index is 611. The molecule has 5 heteroatoms. The summed E-state index contributed by atoms with van der Waals surface area (Å²) in [4.78, 5) is 15.5. The number of anilines is 3. The minimum atomic E-state index is -0.0294. The molecule has 0 atom stereocenters. The molecule has 104 valence electrons. The van der Waals surface area contributed by atoms with Crippen LogP contribution in [-0.2, 0) is 4.79 Å². The molecule has 0 saturated carbocycles. The number of hydrogen-bond donors (Lipinski definition) is 2. The van der Waals surface area contributed by atoms with Crippen molar-refractivity contribution in [2.24, 2.45) is 0 Å². The number of aryl methyl sites for hydroxylation is 1. The van der Waals surface area contributed by atoms with Crippen LogP contribution in [0.4, 0.5) is 17.2 Å². The third kappa shape index (κ3) is 3.71. The van der Waals surface area contributed by atoms with Crippen molar-refractivity contribution in [1.29, 1.82) is 0 Å². The van der Waals surface area contributed by atoms with E-state index >= 15 is 0 Å². The highest BCUT2D eigenvalue weighted by Crippen LogP contribution is 2.23. The van der Waals surface area contributed by atoms with Crippen molar-refractivity contribution in [3.05, 3.63) is 47.1 Å². The number of benzene rings is 1. The number of hydrogen-bond acceptors (Lipinski definition) is 3. The Balaban J connectivity index is 2.10. The van der Waals surface area contributed by atoms with Gasteiger partial charge in [-0.3, -0.25) is 4.79 Å². The van der Waals surface area contributed by atoms with E-state index in [0.717, 1.165) is 11.3 Å². The van der Waals surface area contributed by atoms with Gasteiger partial charge >= 0.3 is 0 Å². The maximum atomic E-state index is 11.3. The van der Waals surface area contributed by atoms with Gasteiger partial charge in [0.15, 0.2) is 0 Å². The predicted octanol–water partition coefficient (Wildman–Crippen LogP) is 4.14. The molecule has 0 fully saturated rings. The molecule has 1 heterocycles. The standard InChI is InChI=1S/C15H16ClN3O/c1-3-15(20)18-12-6-7-14(17-9-12)19-13-8-11(16)5-4-10(13)2/h4-9H,3H2,1-2H3,(H,17,19)(H,18,20). The average molecular weight is 290 g/mol. The van der Waals surface area contributed by atoms with E-state index in [1.54, 1.807) is 13.1 Å². The molecule has 2 rings (SSSR count). The molecule has 1 aromatic carbocycles. The van der Waals surface area contributed by atoms with Gasteiger partial charge in [-0.15, -0.1) is 0 Å². The lowest BCUT2D eigenvalue weighted by Crippen LogP contribution is -2.09. The molecule has 0 aliphatic heterocycles. The normalized spacial score (nSPS) is 10.2. The molecule has 0 aliphatic carbocycles. The zero-order valence-electron chi connectivity index (χ0n) is 11.4. The Morgan fingerprint density at radius 3 is 2.75 bits per heavy atom. The summed E-state index contributed by atoms with van der Waals surface area (Å²) < 4.78 is 0. The SMILES string of the molecule is CCC(=O)Nc1ccc(Nc2cc(Cl)ccc2C)nc1. The number of halogens is 1. The summed E-state index contributed by atoms with van der Waals surface area (Å²) >= 11 is 5.97. The molecule has 0 bridgehead atoms. The molecule has 0 aliphatic rings. The number of nitrogens with zero attached hydrogens (tertiary/aromatic N) is 1. The van der Waals surface area contributed by atoms with Crippen LogP contribution in [0.3, 0.4) is 0 Å². The van der Waals surface area contributed by atoms with Crippen molar-refractivity contribution in [3.8, 4) is 0 Å². The Hall–Kier alpha value is -2.07. The van der Waals surface area contributed by atoms with Gasteiger partial charge in [0.1, 0.15) is 5.82 Å². The third-order valence-electron chi connectivity index (χ3n) is 2.83. The summed E-state index contributed by atoms with van der Waals surface area (Å²) in [5, 5.41) is 6.62. The largest absolute Gasteiger partial charge is 0.340 e. The Morgan fingerprint density at radius 1 is 1.30 bits per heavy atom. The van der Waals surface area contributed by atoms with Gasteiger partial charge in [-0.1, -0.05) is 24.6 Å². The van der Waals surface area contributed by atoms with E-state index in [4.69, 9.17) is 11.6 Å². The summed E-state index contributed by atoms with van der Waals surface area (Å²) in [6, 6.07) is 9.26. The summed E-state index contributed by atoms with van der Waals surface area (Å²) in [6.45, 7) is 3.80. The number of aromatic nitrogens is 1. The summed E-state index contributed by atoms with van der Waals surface area (Å²) in [5.74, 6) is 0.669. The molecule has 0 unspecified atom stereocenters. The van der Waals surface area contributed by atoms with Gasteiger partial charge in [-0.2, -0.15) is 0 Å². The van der Waals surface area contributed by atoms with Crippen molar-refractivity contribution in [3.63, 3.8) is 0 Å². The fraction of sp³-hybridized carbons (Fsp3) is 0.200. The molecule has 4 nitrogen and oxygen atoms in total. The van der Waals surface area contributed by atoms with Crippen molar-refractivity contribution in [2.75, 3.05) is 10.6 Å². The summed E-state index contributed by atoms with van der Waals surface area (Å²) in [5.41, 5.74) is 2.68. The smallest absolute Gasteiger partial charge is 0.224 e. The molecule has 1 aromatic heterocycles. The highest BCUT2D eigenvalue weighted by atomic mass is 35.5. The van der Waals surface area contributed by atoms with Gasteiger partial charge in [0, 0.05) is 17.1 Å². The number of rotatable bonds is 4. The molecule has 2 N–H and O–H groups in total. The fourth-order valence-electron chi connectivity index (χ4n) is 1.66. The number of pyridine rings is 1. The number of nitrogens with one attached hydrogen (secondary N) is 2. The topological polar surface area (TPSA) is 54.0 Å². The van der Waals surface area contributed by atoms with E-state index in [0.29, 0.717) is 22.9 Å². The van der Waals surface area contributed by atoms with E-state index < -0.39 is 0 Å². The Labute approximate surface area is 123 Å². The van der Waals surface area contributed by atoms with Gasteiger partial charge in [0.05, 0.1) is 11.9 Å². The number of carbonyl (C=O) groups excluding carboxylic acids is 1. The Morgan fingerprint density at radius 2 is 2.10 bits per heavy atom. The second-order valence-corrected chi connectivity index (χ2v) is 4.85. The minimum Gasteiger partial charge on any atom is -0.340 e. The van der Waals surface area contributed by atoms with E-state index in [2.05, 4.69) is 15.6 Å². The van der Waals surface area contributed by atoms with Gasteiger partial charge in [-0.25, -0.2) is 4.98 Å². The first-order valence-electron chi connectivity index (χ1n) is 6.37. The average Bonchev–Trinajstić information content (AvgIpc) is 2.45. The van der Waals surface area contributed by atoms with E-state index in [1.807, 2.05) is 37.3 Å². The van der Waals surface area contributed by atoms with Gasteiger partial charge in [-0.05, 0) is 36.8 Å². The molecule has 1 amide bonds. The molecular weight excluding hydrogens is 274 g/mol.